The standard InChI is InChI=1S/C20H28N4O3/c1-14-8-16(14)18(25)24-12-20(13-24)11-23(3)17(10-27-20)19(26)22(2)9-15-6-4-5-7-21-15/h4-7,14,16-17H,8-13H2,1-3H3/t14-,16+,17+/m1/s1. The van der Waals surface area contributed by atoms with E-state index in [2.05, 4.69) is 16.8 Å². The van der Waals surface area contributed by atoms with E-state index in [4.69, 9.17) is 4.74 Å². The monoisotopic (exact) mass is 372 g/mol. The van der Waals surface area contributed by atoms with E-state index in [-0.39, 0.29) is 29.4 Å². The van der Waals surface area contributed by atoms with Gasteiger partial charge in [-0.2, -0.15) is 0 Å². The molecule has 1 aromatic rings. The third-order valence-corrected chi connectivity index (χ3v) is 6.10. The van der Waals surface area contributed by atoms with Gasteiger partial charge in [0.05, 0.1) is 31.9 Å². The van der Waals surface area contributed by atoms with E-state index < -0.39 is 0 Å². The van der Waals surface area contributed by atoms with Gasteiger partial charge in [-0.1, -0.05) is 13.0 Å². The van der Waals surface area contributed by atoms with Crippen molar-refractivity contribution in [1.29, 1.82) is 0 Å². The van der Waals surface area contributed by atoms with Gasteiger partial charge >= 0.3 is 0 Å². The lowest BCUT2D eigenvalue weighted by atomic mass is 9.90. The van der Waals surface area contributed by atoms with Crippen LogP contribution in [0.2, 0.25) is 0 Å². The van der Waals surface area contributed by atoms with Gasteiger partial charge in [-0.3, -0.25) is 19.5 Å². The molecule has 7 nitrogen and oxygen atoms in total. The minimum Gasteiger partial charge on any atom is -0.368 e. The van der Waals surface area contributed by atoms with Crippen molar-refractivity contribution in [1.82, 2.24) is 19.7 Å². The first-order valence-electron chi connectivity index (χ1n) is 9.66. The van der Waals surface area contributed by atoms with Crippen molar-refractivity contribution in [3.63, 3.8) is 0 Å². The fourth-order valence-corrected chi connectivity index (χ4v) is 4.22. The quantitative estimate of drug-likeness (QED) is 0.775. The van der Waals surface area contributed by atoms with Crippen molar-refractivity contribution in [3.8, 4) is 0 Å². The number of carbonyl (C=O) groups excluding carboxylic acids is 2. The Kier molecular flexibility index (Phi) is 4.68. The maximum absolute atomic E-state index is 12.8. The molecule has 0 unspecified atom stereocenters. The molecular weight excluding hydrogens is 344 g/mol. The number of rotatable bonds is 4. The normalized spacial score (nSPS) is 29.3. The second-order valence-corrected chi connectivity index (χ2v) is 8.45. The van der Waals surface area contributed by atoms with Crippen LogP contribution in [-0.2, 0) is 20.9 Å². The van der Waals surface area contributed by atoms with Gasteiger partial charge in [0.15, 0.2) is 0 Å². The van der Waals surface area contributed by atoms with Crippen LogP contribution in [0.1, 0.15) is 19.0 Å². The lowest BCUT2D eigenvalue weighted by molar-refractivity contribution is -0.203. The van der Waals surface area contributed by atoms with E-state index in [0.29, 0.717) is 38.7 Å². The summed E-state index contributed by atoms with van der Waals surface area (Å²) in [7, 11) is 3.77. The average Bonchev–Trinajstić information content (AvgIpc) is 3.36. The molecule has 2 aliphatic heterocycles. The molecule has 2 amide bonds. The first-order valence-corrected chi connectivity index (χ1v) is 9.66. The predicted molar refractivity (Wildman–Crippen MR) is 99.7 cm³/mol. The smallest absolute Gasteiger partial charge is 0.242 e. The zero-order valence-corrected chi connectivity index (χ0v) is 16.3. The lowest BCUT2D eigenvalue weighted by Crippen LogP contribution is -2.73. The van der Waals surface area contributed by atoms with Crippen LogP contribution in [0.4, 0.5) is 0 Å². The Bertz CT molecular complexity index is 719. The summed E-state index contributed by atoms with van der Waals surface area (Å²) in [5, 5.41) is 0. The van der Waals surface area contributed by atoms with E-state index in [1.165, 1.54) is 0 Å². The Labute approximate surface area is 160 Å². The Balaban J connectivity index is 1.30. The van der Waals surface area contributed by atoms with Gasteiger partial charge in [-0.15, -0.1) is 0 Å². The van der Waals surface area contributed by atoms with Crippen LogP contribution in [0.3, 0.4) is 0 Å². The highest BCUT2D eigenvalue weighted by molar-refractivity contribution is 5.83. The molecule has 1 aliphatic carbocycles. The van der Waals surface area contributed by atoms with Gasteiger partial charge < -0.3 is 14.5 Å². The highest BCUT2D eigenvalue weighted by atomic mass is 16.5. The number of carbonyl (C=O) groups is 2. The molecule has 27 heavy (non-hydrogen) atoms. The number of likely N-dealkylation sites (tertiary alicyclic amines) is 1. The van der Waals surface area contributed by atoms with E-state index in [1.54, 1.807) is 18.1 Å². The van der Waals surface area contributed by atoms with Crippen LogP contribution in [0.15, 0.2) is 24.4 Å². The van der Waals surface area contributed by atoms with Crippen LogP contribution in [0.5, 0.6) is 0 Å². The summed E-state index contributed by atoms with van der Waals surface area (Å²) >= 11 is 0. The van der Waals surface area contributed by atoms with Gasteiger partial charge in [0.25, 0.3) is 0 Å². The zero-order valence-electron chi connectivity index (χ0n) is 16.3. The SMILES string of the molecule is C[C@@H]1C[C@@H]1C(=O)N1CC2(C1)CN(C)[C@H](C(=O)N(C)Cc1ccccn1)CO2. The van der Waals surface area contributed by atoms with Gasteiger partial charge in [-0.25, -0.2) is 0 Å². The second kappa shape index (κ2) is 6.87. The average molecular weight is 372 g/mol. The molecule has 3 heterocycles. The van der Waals surface area contributed by atoms with Crippen LogP contribution >= 0.6 is 0 Å². The summed E-state index contributed by atoms with van der Waals surface area (Å²) in [5.41, 5.74) is 0.561. The van der Waals surface area contributed by atoms with E-state index in [0.717, 1.165) is 12.1 Å². The Hall–Kier alpha value is -1.99. The molecule has 3 fully saturated rings. The predicted octanol–water partition coefficient (Wildman–Crippen LogP) is 0.608. The molecule has 7 heteroatoms. The molecule has 0 radical (unpaired) electrons. The number of nitrogens with zero attached hydrogens (tertiary/aromatic N) is 4. The molecule has 146 valence electrons. The molecule has 1 spiro atoms. The largest absolute Gasteiger partial charge is 0.368 e. The maximum atomic E-state index is 12.8. The highest BCUT2D eigenvalue weighted by Gasteiger charge is 2.54. The van der Waals surface area contributed by atoms with Crippen molar-refractivity contribution < 1.29 is 14.3 Å². The number of ether oxygens (including phenoxy) is 1. The third-order valence-electron chi connectivity index (χ3n) is 6.10. The van der Waals surface area contributed by atoms with Crippen LogP contribution < -0.4 is 0 Å². The Morgan fingerprint density at radius 1 is 1.33 bits per heavy atom. The third kappa shape index (κ3) is 3.58. The molecule has 3 atom stereocenters. The number of morpholine rings is 1. The van der Waals surface area contributed by atoms with Crippen molar-refractivity contribution in [3.05, 3.63) is 30.1 Å². The summed E-state index contributed by atoms with van der Waals surface area (Å²) in [6.45, 7) is 4.93. The molecule has 4 rings (SSSR count). The van der Waals surface area contributed by atoms with E-state index >= 15 is 0 Å². The second-order valence-electron chi connectivity index (χ2n) is 8.45. The number of hydrogen-bond acceptors (Lipinski definition) is 5. The number of amides is 2. The van der Waals surface area contributed by atoms with Crippen molar-refractivity contribution >= 4 is 11.8 Å². The number of aromatic nitrogens is 1. The first-order chi connectivity index (χ1) is 12.9. The first kappa shape index (κ1) is 18.4. The van der Waals surface area contributed by atoms with E-state index in [9.17, 15) is 9.59 Å². The Morgan fingerprint density at radius 2 is 2.07 bits per heavy atom. The minimum absolute atomic E-state index is 0.0389. The van der Waals surface area contributed by atoms with Crippen molar-refractivity contribution in [2.24, 2.45) is 11.8 Å². The maximum Gasteiger partial charge on any atom is 0.242 e. The van der Waals surface area contributed by atoms with E-state index in [1.807, 2.05) is 30.1 Å². The van der Waals surface area contributed by atoms with Crippen molar-refractivity contribution in [2.45, 2.75) is 31.5 Å². The molecular formula is C20H28N4O3. The molecule has 0 aromatic carbocycles. The molecule has 1 saturated carbocycles. The molecule has 0 N–H and O–H groups in total. The fourth-order valence-electron chi connectivity index (χ4n) is 4.22. The number of likely N-dealkylation sites (N-methyl/N-ethyl adjacent to an activating group) is 2. The highest BCUT2D eigenvalue weighted by Crippen LogP contribution is 2.42. The topological polar surface area (TPSA) is 66.0 Å². The van der Waals surface area contributed by atoms with Crippen molar-refractivity contribution in [2.75, 3.05) is 40.3 Å². The lowest BCUT2D eigenvalue weighted by Gasteiger charge is -2.55. The summed E-state index contributed by atoms with van der Waals surface area (Å²) in [6.07, 6.45) is 2.75. The van der Waals surface area contributed by atoms with Crippen LogP contribution in [0.25, 0.3) is 0 Å². The van der Waals surface area contributed by atoms with Crippen LogP contribution in [0, 0.1) is 11.8 Å². The van der Waals surface area contributed by atoms with Gasteiger partial charge in [0, 0.05) is 25.7 Å². The number of pyridine rings is 1. The van der Waals surface area contributed by atoms with Gasteiger partial charge in [0.1, 0.15) is 11.6 Å². The zero-order chi connectivity index (χ0) is 19.2. The molecule has 0 bridgehead atoms. The summed E-state index contributed by atoms with van der Waals surface area (Å²) < 4.78 is 6.11. The minimum atomic E-state index is -0.307. The fraction of sp³-hybridized carbons (Fsp3) is 0.650. The number of hydrogen-bond donors (Lipinski definition) is 0. The van der Waals surface area contributed by atoms with Crippen LogP contribution in [-0.4, -0.2) is 83.5 Å². The molecule has 1 aromatic heterocycles. The Morgan fingerprint density at radius 3 is 2.67 bits per heavy atom. The molecule has 2 saturated heterocycles. The summed E-state index contributed by atoms with van der Waals surface area (Å²) in [4.78, 5) is 35.2. The molecule has 3 aliphatic rings. The summed E-state index contributed by atoms with van der Waals surface area (Å²) in [5.74, 6) is 1.06. The van der Waals surface area contributed by atoms with Gasteiger partial charge in [0.2, 0.25) is 11.8 Å². The summed E-state index contributed by atoms with van der Waals surface area (Å²) in [6, 6.07) is 5.41. The van der Waals surface area contributed by atoms with Gasteiger partial charge in [-0.05, 0) is 31.5 Å².